The largest absolute Gasteiger partial charge is 0.306 e. The van der Waals surface area contributed by atoms with Crippen molar-refractivity contribution in [3.63, 3.8) is 0 Å². The minimum atomic E-state index is 0.780. The molecule has 0 aliphatic rings. The average molecular weight is 298 g/mol. The van der Waals surface area contributed by atoms with E-state index in [2.05, 4.69) is 39.6 Å². The molecule has 0 saturated carbocycles. The van der Waals surface area contributed by atoms with Crippen molar-refractivity contribution in [2.75, 3.05) is 0 Å². The van der Waals surface area contributed by atoms with Crippen LogP contribution >= 0.6 is 11.3 Å². The van der Waals surface area contributed by atoms with Gasteiger partial charge in [0.15, 0.2) is 0 Å². The number of aromatic amines is 1. The number of rotatable bonds is 6. The zero-order valence-electron chi connectivity index (χ0n) is 12.0. The summed E-state index contributed by atoms with van der Waals surface area (Å²) in [7, 11) is 0. The Morgan fingerprint density at radius 2 is 2.00 bits per heavy atom. The van der Waals surface area contributed by atoms with Crippen LogP contribution in [0.25, 0.3) is 11.3 Å². The summed E-state index contributed by atoms with van der Waals surface area (Å²) >= 11 is 1.77. The summed E-state index contributed by atoms with van der Waals surface area (Å²) in [5, 5.41) is 11.8. The first-order chi connectivity index (χ1) is 10.4. The van der Waals surface area contributed by atoms with Gasteiger partial charge in [0.2, 0.25) is 0 Å². The lowest BCUT2D eigenvalue weighted by Crippen LogP contribution is -2.12. The van der Waals surface area contributed by atoms with Gasteiger partial charge in [0, 0.05) is 29.7 Å². The Kier molecular flexibility index (Phi) is 4.43. The molecule has 2 N–H and O–H groups in total. The quantitative estimate of drug-likeness (QED) is 0.733. The van der Waals surface area contributed by atoms with Crippen LogP contribution in [0.4, 0.5) is 0 Å². The lowest BCUT2D eigenvalue weighted by molar-refractivity contribution is 0.691. The van der Waals surface area contributed by atoms with E-state index in [1.807, 2.05) is 30.6 Å². The summed E-state index contributed by atoms with van der Waals surface area (Å²) in [6.45, 7) is 3.73. The van der Waals surface area contributed by atoms with Crippen molar-refractivity contribution in [3.05, 3.63) is 58.2 Å². The molecule has 2 heterocycles. The third kappa shape index (κ3) is 3.37. The molecule has 0 saturated heterocycles. The molecule has 4 nitrogen and oxygen atoms in total. The molecule has 3 aromatic rings. The first kappa shape index (κ1) is 14.0. The monoisotopic (exact) mass is 298 g/mol. The van der Waals surface area contributed by atoms with Crippen molar-refractivity contribution >= 4 is 11.3 Å². The molecule has 5 heteroatoms. The smallest absolute Gasteiger partial charge is 0.107 e. The number of benzene rings is 1. The minimum Gasteiger partial charge on any atom is -0.306 e. The molecule has 0 spiro atoms. The molecule has 0 unspecified atom stereocenters. The number of H-pyrrole nitrogens is 1. The fourth-order valence-corrected chi connectivity index (χ4v) is 3.03. The number of aromatic nitrogens is 3. The fourth-order valence-electron chi connectivity index (χ4n) is 2.20. The van der Waals surface area contributed by atoms with Gasteiger partial charge in [-0.15, -0.1) is 11.3 Å². The molecule has 0 radical (unpaired) electrons. The Bertz CT molecular complexity index is 687. The van der Waals surface area contributed by atoms with E-state index in [4.69, 9.17) is 0 Å². The first-order valence-corrected chi connectivity index (χ1v) is 7.90. The van der Waals surface area contributed by atoms with Gasteiger partial charge in [0.25, 0.3) is 0 Å². The van der Waals surface area contributed by atoms with E-state index in [0.717, 1.165) is 35.8 Å². The summed E-state index contributed by atoms with van der Waals surface area (Å²) in [5.41, 5.74) is 3.42. The van der Waals surface area contributed by atoms with E-state index in [-0.39, 0.29) is 0 Å². The van der Waals surface area contributed by atoms with Crippen LogP contribution < -0.4 is 5.32 Å². The summed E-state index contributed by atoms with van der Waals surface area (Å²) in [6, 6.07) is 10.3. The molecular weight excluding hydrogens is 280 g/mol. The number of nitrogens with one attached hydrogen (secondary N) is 2. The molecule has 0 aliphatic heterocycles. The Morgan fingerprint density at radius 3 is 2.76 bits per heavy atom. The third-order valence-corrected chi connectivity index (χ3v) is 4.46. The van der Waals surface area contributed by atoms with E-state index < -0.39 is 0 Å². The van der Waals surface area contributed by atoms with Gasteiger partial charge in [0.05, 0.1) is 11.9 Å². The minimum absolute atomic E-state index is 0.780. The molecule has 0 atom stereocenters. The van der Waals surface area contributed by atoms with Gasteiger partial charge in [-0.05, 0) is 12.0 Å². The van der Waals surface area contributed by atoms with E-state index >= 15 is 0 Å². The zero-order valence-corrected chi connectivity index (χ0v) is 12.8. The average Bonchev–Trinajstić information content (AvgIpc) is 3.17. The van der Waals surface area contributed by atoms with Crippen LogP contribution in [0.5, 0.6) is 0 Å². The van der Waals surface area contributed by atoms with E-state index in [0.29, 0.717) is 0 Å². The maximum Gasteiger partial charge on any atom is 0.107 e. The molecule has 0 amide bonds. The highest BCUT2D eigenvalue weighted by Gasteiger charge is 2.07. The second-order valence-electron chi connectivity index (χ2n) is 4.81. The summed E-state index contributed by atoms with van der Waals surface area (Å²) in [5.74, 6) is 0. The fraction of sp³-hybridized carbons (Fsp3) is 0.250. The standard InChI is InChI=1S/C16H18N4S/c1-2-14-10-18-15(21-14)11-17-8-13-9-19-20-16(13)12-6-4-3-5-7-12/h3-7,9-10,17H,2,8,11H2,1H3,(H,19,20). The molecule has 108 valence electrons. The van der Waals surface area contributed by atoms with Crippen molar-refractivity contribution in [1.29, 1.82) is 0 Å². The highest BCUT2D eigenvalue weighted by atomic mass is 32.1. The van der Waals surface area contributed by atoms with Crippen molar-refractivity contribution in [3.8, 4) is 11.3 Å². The normalized spacial score (nSPS) is 10.9. The topological polar surface area (TPSA) is 53.6 Å². The summed E-state index contributed by atoms with van der Waals surface area (Å²) in [6.07, 6.45) is 4.90. The lowest BCUT2D eigenvalue weighted by atomic mass is 10.1. The Balaban J connectivity index is 1.62. The van der Waals surface area contributed by atoms with E-state index in [1.165, 1.54) is 10.4 Å². The number of thiazole rings is 1. The Hall–Kier alpha value is -1.98. The number of hydrogen-bond donors (Lipinski definition) is 2. The van der Waals surface area contributed by atoms with Crippen LogP contribution in [-0.2, 0) is 19.5 Å². The van der Waals surface area contributed by atoms with Crippen LogP contribution in [0.15, 0.2) is 42.7 Å². The highest BCUT2D eigenvalue weighted by molar-refractivity contribution is 7.11. The number of aryl methyl sites for hydroxylation is 1. The van der Waals surface area contributed by atoms with Crippen molar-refractivity contribution in [2.24, 2.45) is 0 Å². The van der Waals surface area contributed by atoms with Gasteiger partial charge in [-0.2, -0.15) is 5.10 Å². The van der Waals surface area contributed by atoms with Gasteiger partial charge >= 0.3 is 0 Å². The van der Waals surface area contributed by atoms with Crippen LogP contribution in [0, 0.1) is 0 Å². The van der Waals surface area contributed by atoms with Gasteiger partial charge in [-0.3, -0.25) is 5.10 Å². The Morgan fingerprint density at radius 1 is 1.14 bits per heavy atom. The summed E-state index contributed by atoms with van der Waals surface area (Å²) < 4.78 is 0. The zero-order chi connectivity index (χ0) is 14.5. The maximum atomic E-state index is 4.42. The molecule has 1 aromatic carbocycles. The van der Waals surface area contributed by atoms with Gasteiger partial charge in [-0.1, -0.05) is 37.3 Å². The van der Waals surface area contributed by atoms with E-state index in [1.54, 1.807) is 11.3 Å². The summed E-state index contributed by atoms with van der Waals surface area (Å²) in [4.78, 5) is 5.75. The molecule has 21 heavy (non-hydrogen) atoms. The predicted octanol–water partition coefficient (Wildman–Crippen LogP) is 3.39. The SMILES string of the molecule is CCc1cnc(CNCc2cn[nH]c2-c2ccccc2)s1. The molecule has 2 aromatic heterocycles. The predicted molar refractivity (Wildman–Crippen MR) is 86.1 cm³/mol. The highest BCUT2D eigenvalue weighted by Crippen LogP contribution is 2.20. The molecule has 0 aliphatic carbocycles. The molecule has 3 rings (SSSR count). The van der Waals surface area contributed by atoms with Gasteiger partial charge in [-0.25, -0.2) is 4.98 Å². The second-order valence-corrected chi connectivity index (χ2v) is 6.01. The van der Waals surface area contributed by atoms with Crippen molar-refractivity contribution in [1.82, 2.24) is 20.5 Å². The Labute approximate surface area is 128 Å². The maximum absolute atomic E-state index is 4.42. The van der Waals surface area contributed by atoms with Crippen molar-refractivity contribution in [2.45, 2.75) is 26.4 Å². The molecular formula is C16H18N4S. The molecule has 0 fully saturated rings. The molecule has 0 bridgehead atoms. The van der Waals surface area contributed by atoms with Crippen LogP contribution in [0.1, 0.15) is 22.4 Å². The van der Waals surface area contributed by atoms with Crippen molar-refractivity contribution < 1.29 is 0 Å². The lowest BCUT2D eigenvalue weighted by Gasteiger charge is -2.04. The number of nitrogens with zero attached hydrogens (tertiary/aromatic N) is 2. The van der Waals surface area contributed by atoms with Crippen LogP contribution in [0.2, 0.25) is 0 Å². The van der Waals surface area contributed by atoms with E-state index in [9.17, 15) is 0 Å². The third-order valence-electron chi connectivity index (χ3n) is 3.32. The van der Waals surface area contributed by atoms with Crippen LogP contribution in [-0.4, -0.2) is 15.2 Å². The second kappa shape index (κ2) is 6.65. The first-order valence-electron chi connectivity index (χ1n) is 7.08. The number of hydrogen-bond acceptors (Lipinski definition) is 4. The van der Waals surface area contributed by atoms with Crippen LogP contribution in [0.3, 0.4) is 0 Å². The van der Waals surface area contributed by atoms with Gasteiger partial charge < -0.3 is 5.32 Å². The van der Waals surface area contributed by atoms with Gasteiger partial charge in [0.1, 0.15) is 5.01 Å².